The van der Waals surface area contributed by atoms with Crippen molar-refractivity contribution >= 4 is 11.8 Å². The molecule has 20 heavy (non-hydrogen) atoms. The summed E-state index contributed by atoms with van der Waals surface area (Å²) in [5, 5.41) is 3.54. The van der Waals surface area contributed by atoms with Crippen LogP contribution in [0.2, 0.25) is 0 Å². The summed E-state index contributed by atoms with van der Waals surface area (Å²) in [4.78, 5) is 19.0. The average molecular weight is 272 g/mol. The normalized spacial score (nSPS) is 10.9. The van der Waals surface area contributed by atoms with Gasteiger partial charge in [0.25, 0.3) is 0 Å². The Hall–Kier alpha value is -2.89. The molecule has 102 valence electrons. The van der Waals surface area contributed by atoms with Crippen LogP contribution in [-0.2, 0) is 9.63 Å². The molecule has 0 aliphatic rings. The fourth-order valence-corrected chi connectivity index (χ4v) is 1.39. The van der Waals surface area contributed by atoms with Gasteiger partial charge in [0.1, 0.15) is 5.75 Å². The lowest BCUT2D eigenvalue weighted by Gasteiger charge is -2.03. The summed E-state index contributed by atoms with van der Waals surface area (Å²) in [6.45, 7) is -0.237. The maximum atomic E-state index is 11.4. The molecule has 0 fully saturated rings. The molecule has 0 atom stereocenters. The summed E-state index contributed by atoms with van der Waals surface area (Å²) >= 11 is 0. The molecule has 0 saturated heterocycles. The van der Waals surface area contributed by atoms with Crippen molar-refractivity contribution in [2.45, 2.75) is 0 Å². The number of carbonyl (C=O) groups is 1. The first kappa shape index (κ1) is 13.5. The molecule has 3 N–H and O–H groups in total. The molecule has 1 aromatic heterocycles. The molecule has 0 unspecified atom stereocenters. The van der Waals surface area contributed by atoms with Crippen molar-refractivity contribution in [1.82, 2.24) is 0 Å². The minimum atomic E-state index is -0.632. The number of pyridine rings is 1. The summed E-state index contributed by atoms with van der Waals surface area (Å²) in [5.41, 5.74) is 6.21. The molecule has 2 rings (SSSR count). The predicted octanol–water partition coefficient (Wildman–Crippen LogP) is 0.743. The highest BCUT2D eigenvalue weighted by molar-refractivity contribution is 5.94. The number of nitrogens with one attached hydrogen (secondary N) is 1. The van der Waals surface area contributed by atoms with E-state index in [-0.39, 0.29) is 12.4 Å². The van der Waals surface area contributed by atoms with Gasteiger partial charge in [-0.3, -0.25) is 0 Å². The van der Waals surface area contributed by atoms with Crippen LogP contribution in [0.1, 0.15) is 5.69 Å². The van der Waals surface area contributed by atoms with E-state index in [2.05, 4.69) is 15.0 Å². The van der Waals surface area contributed by atoms with Gasteiger partial charge in [0.15, 0.2) is 12.8 Å². The number of nitrogens with two attached hydrogens (primary N) is 1. The Balaban J connectivity index is 1.83. The maximum Gasteiger partial charge on any atom is 0.372 e. The number of rotatable bonds is 5. The van der Waals surface area contributed by atoms with Crippen LogP contribution >= 0.6 is 0 Å². The van der Waals surface area contributed by atoms with Gasteiger partial charge in [0.05, 0.1) is 0 Å². The topological polar surface area (TPSA) is 88.1 Å². The van der Waals surface area contributed by atoms with Gasteiger partial charge < -0.3 is 15.3 Å². The molecule has 6 nitrogen and oxygen atoms in total. The first-order chi connectivity index (χ1) is 9.75. The van der Waals surface area contributed by atoms with Crippen LogP contribution < -0.4 is 15.5 Å². The lowest BCUT2D eigenvalue weighted by atomic mass is 10.3. The van der Waals surface area contributed by atoms with Crippen molar-refractivity contribution in [3.63, 3.8) is 0 Å². The van der Waals surface area contributed by atoms with E-state index in [1.54, 1.807) is 36.5 Å². The third-order valence-corrected chi connectivity index (χ3v) is 2.33. The Morgan fingerprint density at radius 3 is 2.60 bits per heavy atom. The largest absolute Gasteiger partial charge is 0.482 e. The number of aromatic nitrogens is 1. The second-order valence-corrected chi connectivity index (χ2v) is 3.82. The Kier molecular flexibility index (Phi) is 4.66. The first-order valence-corrected chi connectivity index (χ1v) is 5.94. The molecule has 0 amide bonds. The van der Waals surface area contributed by atoms with Gasteiger partial charge in [-0.15, -0.1) is 0 Å². The quantitative estimate of drug-likeness (QED) is 0.376. The number of carbonyl (C=O) groups excluding carboxylic acids is 1. The monoisotopic (exact) mass is 272 g/mol. The van der Waals surface area contributed by atoms with Gasteiger partial charge in [0, 0.05) is 12.1 Å². The van der Waals surface area contributed by atoms with Gasteiger partial charge in [0.2, 0.25) is 11.5 Å². The molecule has 0 spiro atoms. The Bertz CT molecular complexity index is 585. The summed E-state index contributed by atoms with van der Waals surface area (Å²) in [6.07, 6.45) is 1.69. The van der Waals surface area contributed by atoms with Crippen molar-refractivity contribution < 1.29 is 19.4 Å². The van der Waals surface area contributed by atoms with Crippen molar-refractivity contribution in [3.8, 4) is 5.75 Å². The molecule has 0 bridgehead atoms. The standard InChI is InChI=1S/C14H13N3O3/c15-14(12-8-4-5-9-16-12)17-20-13(18)10-19-11-6-2-1-3-7-11/h1-9H,10H2,(H2,15,17)/p+1. The lowest BCUT2D eigenvalue weighted by molar-refractivity contribution is -0.380. The summed E-state index contributed by atoms with van der Waals surface area (Å²) in [7, 11) is 0. The number of hydrogen-bond acceptors (Lipinski definition) is 4. The molecule has 1 aromatic carbocycles. The summed E-state index contributed by atoms with van der Waals surface area (Å²) in [6, 6.07) is 14.3. The SMILES string of the molecule is NC(=NOC(=O)COc1ccccc1)c1cccc[nH+]1. The average Bonchev–Trinajstić information content (AvgIpc) is 2.52. The van der Waals surface area contributed by atoms with Crippen LogP contribution in [0.25, 0.3) is 0 Å². The van der Waals surface area contributed by atoms with E-state index in [1.807, 2.05) is 18.2 Å². The van der Waals surface area contributed by atoms with Gasteiger partial charge in [-0.1, -0.05) is 23.4 Å². The van der Waals surface area contributed by atoms with Crippen molar-refractivity contribution in [3.05, 3.63) is 60.4 Å². The molecule has 6 heteroatoms. The molecule has 2 aromatic rings. The first-order valence-electron chi connectivity index (χ1n) is 5.94. The van der Waals surface area contributed by atoms with Gasteiger partial charge in [-0.25, -0.2) is 9.78 Å². The molecular weight excluding hydrogens is 258 g/mol. The van der Waals surface area contributed by atoms with Crippen LogP contribution in [0, 0.1) is 0 Å². The fraction of sp³-hybridized carbons (Fsp3) is 0.0714. The zero-order chi connectivity index (χ0) is 14.2. The van der Waals surface area contributed by atoms with Crippen LogP contribution in [0.4, 0.5) is 0 Å². The van der Waals surface area contributed by atoms with Crippen LogP contribution in [0.15, 0.2) is 59.9 Å². The van der Waals surface area contributed by atoms with Crippen LogP contribution in [-0.4, -0.2) is 18.4 Å². The van der Waals surface area contributed by atoms with Gasteiger partial charge in [-0.05, 0) is 18.2 Å². The van der Waals surface area contributed by atoms with E-state index in [0.29, 0.717) is 11.4 Å². The Labute approximate surface area is 115 Å². The number of para-hydroxylation sites is 1. The molecule has 0 aliphatic heterocycles. The second kappa shape index (κ2) is 6.89. The highest BCUT2D eigenvalue weighted by Crippen LogP contribution is 2.07. The van der Waals surface area contributed by atoms with Crippen molar-refractivity contribution in [2.75, 3.05) is 6.61 Å². The molecule has 1 heterocycles. The molecule has 0 aliphatic carbocycles. The number of nitrogens with zero attached hydrogens (tertiary/aromatic N) is 1. The van der Waals surface area contributed by atoms with E-state index in [1.165, 1.54) is 0 Å². The Morgan fingerprint density at radius 1 is 1.15 bits per heavy atom. The zero-order valence-electron chi connectivity index (χ0n) is 10.7. The van der Waals surface area contributed by atoms with Crippen LogP contribution in [0.5, 0.6) is 5.75 Å². The highest BCUT2D eigenvalue weighted by atomic mass is 16.7. The minimum absolute atomic E-state index is 0.0821. The van der Waals surface area contributed by atoms with E-state index in [9.17, 15) is 4.79 Å². The predicted molar refractivity (Wildman–Crippen MR) is 71.8 cm³/mol. The van der Waals surface area contributed by atoms with E-state index in [4.69, 9.17) is 10.5 Å². The second-order valence-electron chi connectivity index (χ2n) is 3.82. The number of ether oxygens (including phenoxy) is 1. The summed E-state index contributed by atoms with van der Waals surface area (Å²) in [5.74, 6) is 0.0317. The third kappa shape index (κ3) is 4.09. The van der Waals surface area contributed by atoms with Crippen molar-refractivity contribution in [2.24, 2.45) is 10.9 Å². The summed E-state index contributed by atoms with van der Waals surface area (Å²) < 4.78 is 5.21. The minimum Gasteiger partial charge on any atom is -0.482 e. The van der Waals surface area contributed by atoms with E-state index < -0.39 is 5.97 Å². The van der Waals surface area contributed by atoms with Crippen LogP contribution in [0.3, 0.4) is 0 Å². The highest BCUT2D eigenvalue weighted by Gasteiger charge is 2.08. The number of hydrogen-bond donors (Lipinski definition) is 1. The van der Waals surface area contributed by atoms with Gasteiger partial charge >= 0.3 is 5.97 Å². The van der Waals surface area contributed by atoms with E-state index >= 15 is 0 Å². The van der Waals surface area contributed by atoms with Crippen molar-refractivity contribution in [1.29, 1.82) is 0 Å². The molecular formula is C14H14N3O3+. The number of amidine groups is 1. The number of aromatic amines is 1. The smallest absolute Gasteiger partial charge is 0.372 e. The number of benzene rings is 1. The molecule has 0 saturated carbocycles. The fourth-order valence-electron chi connectivity index (χ4n) is 1.39. The lowest BCUT2D eigenvalue weighted by Crippen LogP contribution is -2.25. The Morgan fingerprint density at radius 2 is 1.90 bits per heavy atom. The zero-order valence-corrected chi connectivity index (χ0v) is 10.7. The number of H-pyrrole nitrogens is 1. The van der Waals surface area contributed by atoms with Gasteiger partial charge in [-0.2, -0.15) is 0 Å². The third-order valence-electron chi connectivity index (χ3n) is 2.33. The maximum absolute atomic E-state index is 11.4. The number of oxime groups is 1. The molecule has 0 radical (unpaired) electrons. The van der Waals surface area contributed by atoms with E-state index in [0.717, 1.165) is 0 Å².